The highest BCUT2D eigenvalue weighted by atomic mass is 32.2. The number of pyridine rings is 2. The van der Waals surface area contributed by atoms with E-state index in [0.29, 0.717) is 16.8 Å². The van der Waals surface area contributed by atoms with Gasteiger partial charge in [-0.05, 0) is 32.4 Å². The molecule has 1 N–H and O–H groups in total. The average molecular weight is 404 g/mol. The third-order valence-electron chi connectivity index (χ3n) is 4.60. The van der Waals surface area contributed by atoms with Gasteiger partial charge in [-0.2, -0.15) is 0 Å². The number of nitrogens with zero attached hydrogens (tertiary/aromatic N) is 4. The van der Waals surface area contributed by atoms with Crippen LogP contribution < -0.4 is 10.3 Å². The maximum absolute atomic E-state index is 12.0. The monoisotopic (exact) mass is 403 g/mol. The second-order valence-electron chi connectivity index (χ2n) is 7.09. The number of unbranched alkanes of at least 4 members (excludes halogenated alkanes) is 1. The largest absolute Gasteiger partial charge is 0.328 e. The van der Waals surface area contributed by atoms with E-state index in [1.54, 1.807) is 26.2 Å². The second-order valence-corrected chi connectivity index (χ2v) is 8.84. The number of anilines is 1. The number of nitrogens with one attached hydrogen (secondary N) is 1. The van der Waals surface area contributed by atoms with Gasteiger partial charge in [-0.3, -0.25) is 9.52 Å². The molecule has 0 atom stereocenters. The number of aromatic nitrogens is 4. The summed E-state index contributed by atoms with van der Waals surface area (Å²) >= 11 is 0. The summed E-state index contributed by atoms with van der Waals surface area (Å²) in [7, 11) is -1.84. The Morgan fingerprint density at radius 1 is 1.18 bits per heavy atom. The quantitative estimate of drug-likeness (QED) is 0.682. The fraction of sp³-hybridized carbons (Fsp3) is 0.421. The zero-order chi connectivity index (χ0) is 20.6. The first-order valence-corrected chi connectivity index (χ1v) is 11.0. The van der Waals surface area contributed by atoms with Gasteiger partial charge in [-0.1, -0.05) is 13.3 Å². The molecule has 150 valence electrons. The van der Waals surface area contributed by atoms with Crippen molar-refractivity contribution in [2.45, 2.75) is 40.2 Å². The molecule has 0 aliphatic heterocycles. The molecular weight excluding hydrogens is 378 g/mol. The van der Waals surface area contributed by atoms with E-state index < -0.39 is 10.0 Å². The third kappa shape index (κ3) is 3.94. The predicted molar refractivity (Wildman–Crippen MR) is 111 cm³/mol. The number of fused-ring (bicyclic) bond motifs is 1. The Labute approximate surface area is 164 Å². The molecule has 8 nitrogen and oxygen atoms in total. The topological polar surface area (TPSA) is 98.9 Å². The van der Waals surface area contributed by atoms with E-state index in [9.17, 15) is 13.2 Å². The molecule has 0 amide bonds. The number of hydrogen-bond donors (Lipinski definition) is 1. The van der Waals surface area contributed by atoms with Crippen LogP contribution in [0.1, 0.15) is 31.2 Å². The summed E-state index contributed by atoms with van der Waals surface area (Å²) in [5.74, 6) is 0.996. The maximum Gasteiger partial charge on any atom is 0.253 e. The number of sulfonamides is 1. The molecule has 3 rings (SSSR count). The van der Waals surface area contributed by atoms with Gasteiger partial charge in [0, 0.05) is 30.9 Å². The molecular formula is C19H25N5O3S. The van der Waals surface area contributed by atoms with Gasteiger partial charge in [-0.15, -0.1) is 0 Å². The molecule has 28 heavy (non-hydrogen) atoms. The van der Waals surface area contributed by atoms with Crippen LogP contribution >= 0.6 is 0 Å². The lowest BCUT2D eigenvalue weighted by molar-refractivity contribution is 0.606. The molecule has 0 aromatic carbocycles. The van der Waals surface area contributed by atoms with Crippen LogP contribution in [0.25, 0.3) is 22.3 Å². The normalized spacial score (nSPS) is 11.9. The molecule has 3 aromatic heterocycles. The summed E-state index contributed by atoms with van der Waals surface area (Å²) in [6, 6.07) is 3.66. The van der Waals surface area contributed by atoms with Crippen molar-refractivity contribution in [3.05, 3.63) is 40.1 Å². The number of imidazole rings is 1. The van der Waals surface area contributed by atoms with E-state index in [4.69, 9.17) is 0 Å². The third-order valence-corrected chi connectivity index (χ3v) is 5.17. The Morgan fingerprint density at radius 2 is 1.89 bits per heavy atom. The fourth-order valence-corrected chi connectivity index (χ4v) is 3.74. The van der Waals surface area contributed by atoms with E-state index in [1.165, 1.54) is 4.57 Å². The molecule has 0 aliphatic carbocycles. The minimum Gasteiger partial charge on any atom is -0.328 e. The number of aryl methyl sites for hydroxylation is 4. The van der Waals surface area contributed by atoms with Crippen molar-refractivity contribution in [2.75, 3.05) is 11.0 Å². The highest BCUT2D eigenvalue weighted by Crippen LogP contribution is 2.29. The van der Waals surface area contributed by atoms with Crippen molar-refractivity contribution >= 4 is 26.9 Å². The van der Waals surface area contributed by atoms with Crippen molar-refractivity contribution in [3.63, 3.8) is 0 Å². The van der Waals surface area contributed by atoms with Crippen LogP contribution in [0.5, 0.6) is 0 Å². The second kappa shape index (κ2) is 7.38. The lowest BCUT2D eigenvalue weighted by Crippen LogP contribution is -2.18. The van der Waals surface area contributed by atoms with Crippen LogP contribution in [0.2, 0.25) is 0 Å². The van der Waals surface area contributed by atoms with Crippen LogP contribution in [0.4, 0.5) is 5.82 Å². The van der Waals surface area contributed by atoms with Crippen molar-refractivity contribution < 1.29 is 8.42 Å². The van der Waals surface area contributed by atoms with Gasteiger partial charge in [0.1, 0.15) is 11.3 Å². The first-order valence-electron chi connectivity index (χ1n) is 9.14. The summed E-state index contributed by atoms with van der Waals surface area (Å²) in [4.78, 5) is 21.1. The van der Waals surface area contributed by atoms with Crippen molar-refractivity contribution in [3.8, 4) is 11.3 Å². The summed E-state index contributed by atoms with van der Waals surface area (Å²) in [5.41, 5.74) is 3.16. The van der Waals surface area contributed by atoms with Gasteiger partial charge >= 0.3 is 0 Å². The molecule has 0 unspecified atom stereocenters. The van der Waals surface area contributed by atoms with Crippen LogP contribution in [-0.4, -0.2) is 33.8 Å². The number of hydrogen-bond acceptors (Lipinski definition) is 5. The number of rotatable bonds is 6. The zero-order valence-electron chi connectivity index (χ0n) is 16.8. The van der Waals surface area contributed by atoms with Crippen LogP contribution in [-0.2, 0) is 23.6 Å². The van der Waals surface area contributed by atoms with E-state index in [1.807, 2.05) is 13.0 Å². The zero-order valence-corrected chi connectivity index (χ0v) is 17.6. The van der Waals surface area contributed by atoms with Crippen molar-refractivity contribution in [1.29, 1.82) is 0 Å². The van der Waals surface area contributed by atoms with Gasteiger partial charge in [0.05, 0.1) is 17.5 Å². The lowest BCUT2D eigenvalue weighted by atomic mass is 10.1. The summed E-state index contributed by atoms with van der Waals surface area (Å²) in [6.07, 6.45) is 4.81. The van der Waals surface area contributed by atoms with Crippen LogP contribution in [0.3, 0.4) is 0 Å². The van der Waals surface area contributed by atoms with Gasteiger partial charge in [0.25, 0.3) is 5.56 Å². The Bertz CT molecular complexity index is 1180. The molecule has 0 spiro atoms. The van der Waals surface area contributed by atoms with Crippen LogP contribution in [0, 0.1) is 13.8 Å². The molecule has 0 saturated heterocycles. The van der Waals surface area contributed by atoms with E-state index in [0.717, 1.165) is 42.5 Å². The van der Waals surface area contributed by atoms with Crippen molar-refractivity contribution in [2.24, 2.45) is 7.05 Å². The minimum absolute atomic E-state index is 0.0804. The van der Waals surface area contributed by atoms with Gasteiger partial charge in [-0.25, -0.2) is 18.4 Å². The molecule has 9 heteroatoms. The average Bonchev–Trinajstić information content (AvgIpc) is 2.91. The molecule has 0 bridgehead atoms. The molecule has 3 aromatic rings. The van der Waals surface area contributed by atoms with Gasteiger partial charge in [0.2, 0.25) is 10.0 Å². The SMILES string of the molecule is CCCCn1c(C)nc2c(NS(C)(=O)=O)nc(-c3cc(C)c(=O)n(C)c3)cc21. The smallest absolute Gasteiger partial charge is 0.253 e. The summed E-state index contributed by atoms with van der Waals surface area (Å²) < 4.78 is 29.8. The molecule has 0 fully saturated rings. The summed E-state index contributed by atoms with van der Waals surface area (Å²) in [5, 5.41) is 0. The Hall–Kier alpha value is -2.68. The Balaban J connectivity index is 2.30. The summed E-state index contributed by atoms with van der Waals surface area (Å²) in [6.45, 7) is 6.55. The molecule has 0 saturated carbocycles. The first kappa shape index (κ1) is 20.1. The van der Waals surface area contributed by atoms with Crippen molar-refractivity contribution in [1.82, 2.24) is 19.1 Å². The van der Waals surface area contributed by atoms with E-state index >= 15 is 0 Å². The predicted octanol–water partition coefficient (Wildman–Crippen LogP) is 2.59. The maximum atomic E-state index is 12.0. The molecule has 0 aliphatic rings. The Morgan fingerprint density at radius 3 is 2.50 bits per heavy atom. The van der Waals surface area contributed by atoms with Gasteiger partial charge in [0.15, 0.2) is 5.82 Å². The van der Waals surface area contributed by atoms with E-state index in [2.05, 4.69) is 26.2 Å². The fourth-order valence-electron chi connectivity index (χ4n) is 3.25. The Kier molecular flexibility index (Phi) is 5.29. The first-order chi connectivity index (χ1) is 13.1. The van der Waals surface area contributed by atoms with Gasteiger partial charge < -0.3 is 9.13 Å². The lowest BCUT2D eigenvalue weighted by Gasteiger charge is -2.11. The molecule has 3 heterocycles. The molecule has 0 radical (unpaired) electrons. The standard InChI is InChI=1S/C19H25N5O3S/c1-6-7-8-24-13(3)20-17-16(24)10-15(21-18(17)22-28(5,26)27)14-9-12(2)19(25)23(4)11-14/h9-11H,6-8H2,1-5H3,(H,21,22). The van der Waals surface area contributed by atoms with Crippen LogP contribution in [0.15, 0.2) is 23.1 Å². The highest BCUT2D eigenvalue weighted by Gasteiger charge is 2.18. The minimum atomic E-state index is -3.53. The highest BCUT2D eigenvalue weighted by molar-refractivity contribution is 7.92. The van der Waals surface area contributed by atoms with E-state index in [-0.39, 0.29) is 11.4 Å².